The van der Waals surface area contributed by atoms with Crippen LogP contribution in [-0.2, 0) is 16.4 Å². The van der Waals surface area contributed by atoms with Gasteiger partial charge in [-0.05, 0) is 57.4 Å². The van der Waals surface area contributed by atoms with E-state index in [1.54, 1.807) is 16.4 Å². The average molecular weight is 483 g/mol. The SMILES string of the molecule is Cc1cc(C)c(S(=O)(=O)N2CCN(c3nc(C)nc(C)c3Cc3ccccc3F)CC2)c(C)c1. The van der Waals surface area contributed by atoms with Crippen LogP contribution in [0.15, 0.2) is 41.3 Å². The molecule has 2 aromatic carbocycles. The Labute approximate surface area is 201 Å². The predicted molar refractivity (Wildman–Crippen MR) is 132 cm³/mol. The summed E-state index contributed by atoms with van der Waals surface area (Å²) in [5.41, 5.74) is 4.87. The summed E-state index contributed by atoms with van der Waals surface area (Å²) in [6, 6.07) is 10.6. The summed E-state index contributed by atoms with van der Waals surface area (Å²) in [4.78, 5) is 11.7. The van der Waals surface area contributed by atoms with E-state index >= 15 is 0 Å². The third kappa shape index (κ3) is 4.70. The maximum atomic E-state index is 14.4. The standard InChI is InChI=1S/C26H31FN4O2S/c1-17-14-18(2)25(19(3)15-17)34(32,33)31-12-10-30(11-13-31)26-23(20(4)28-21(5)29-26)16-22-8-6-7-9-24(22)27/h6-9,14-15H,10-13,16H2,1-5H3. The molecule has 0 atom stereocenters. The summed E-state index contributed by atoms with van der Waals surface area (Å²) >= 11 is 0. The molecule has 180 valence electrons. The summed E-state index contributed by atoms with van der Waals surface area (Å²) < 4.78 is 42.9. The summed E-state index contributed by atoms with van der Waals surface area (Å²) in [6.45, 7) is 11.2. The Hall–Kier alpha value is -2.84. The van der Waals surface area contributed by atoms with E-state index in [1.807, 2.05) is 52.8 Å². The maximum absolute atomic E-state index is 14.4. The number of piperazine rings is 1. The number of aromatic nitrogens is 2. The molecule has 8 heteroatoms. The molecule has 0 saturated carbocycles. The van der Waals surface area contributed by atoms with Gasteiger partial charge in [0.2, 0.25) is 10.0 Å². The molecule has 0 unspecified atom stereocenters. The number of rotatable bonds is 5. The van der Waals surface area contributed by atoms with Crippen LogP contribution in [-0.4, -0.2) is 48.9 Å². The summed E-state index contributed by atoms with van der Waals surface area (Å²) in [6.07, 6.45) is 0.383. The lowest BCUT2D eigenvalue weighted by atomic mass is 10.0. The lowest BCUT2D eigenvalue weighted by Gasteiger charge is -2.36. The number of hydrogen-bond acceptors (Lipinski definition) is 5. The van der Waals surface area contributed by atoms with E-state index < -0.39 is 10.0 Å². The van der Waals surface area contributed by atoms with Gasteiger partial charge in [0.15, 0.2) is 0 Å². The first-order chi connectivity index (χ1) is 16.1. The highest BCUT2D eigenvalue weighted by Gasteiger charge is 2.32. The van der Waals surface area contributed by atoms with Crippen molar-refractivity contribution in [1.29, 1.82) is 0 Å². The first kappa shape index (κ1) is 24.3. The number of halogens is 1. The highest BCUT2D eigenvalue weighted by Crippen LogP contribution is 2.29. The van der Waals surface area contributed by atoms with Crippen LogP contribution < -0.4 is 4.90 Å². The molecule has 1 aromatic heterocycles. The molecule has 0 radical (unpaired) electrons. The highest BCUT2D eigenvalue weighted by molar-refractivity contribution is 7.89. The van der Waals surface area contributed by atoms with E-state index in [9.17, 15) is 12.8 Å². The molecular weight excluding hydrogens is 451 g/mol. The van der Waals surface area contributed by atoms with Crippen LogP contribution in [0.2, 0.25) is 0 Å². The fraction of sp³-hybridized carbons (Fsp3) is 0.385. The first-order valence-electron chi connectivity index (χ1n) is 11.5. The molecule has 1 aliphatic heterocycles. The van der Waals surface area contributed by atoms with Crippen LogP contribution in [0, 0.1) is 40.4 Å². The molecule has 0 aliphatic carbocycles. The van der Waals surface area contributed by atoms with Crippen molar-refractivity contribution in [3.05, 3.63) is 81.6 Å². The van der Waals surface area contributed by atoms with Gasteiger partial charge in [-0.25, -0.2) is 22.8 Å². The Balaban J connectivity index is 1.60. The van der Waals surface area contributed by atoms with Gasteiger partial charge < -0.3 is 4.90 Å². The number of aryl methyl sites for hydroxylation is 5. The normalized spacial score (nSPS) is 15.1. The van der Waals surface area contributed by atoms with Gasteiger partial charge in [0.1, 0.15) is 17.5 Å². The molecule has 1 aliphatic rings. The zero-order valence-electron chi connectivity index (χ0n) is 20.4. The Morgan fingerprint density at radius 3 is 2.15 bits per heavy atom. The fourth-order valence-electron chi connectivity index (χ4n) is 4.86. The van der Waals surface area contributed by atoms with E-state index in [0.29, 0.717) is 48.9 Å². The van der Waals surface area contributed by atoms with Crippen LogP contribution in [0.3, 0.4) is 0 Å². The van der Waals surface area contributed by atoms with Crippen LogP contribution in [0.25, 0.3) is 0 Å². The van der Waals surface area contributed by atoms with Crippen LogP contribution in [0.1, 0.15) is 39.3 Å². The van der Waals surface area contributed by atoms with E-state index in [2.05, 4.69) is 9.88 Å². The number of sulfonamides is 1. The Morgan fingerprint density at radius 2 is 1.53 bits per heavy atom. The Morgan fingerprint density at radius 1 is 0.912 bits per heavy atom. The second-order valence-electron chi connectivity index (χ2n) is 9.05. The van der Waals surface area contributed by atoms with Crippen molar-refractivity contribution in [2.45, 2.75) is 45.9 Å². The second-order valence-corrected chi connectivity index (χ2v) is 10.9. The molecule has 0 bridgehead atoms. The number of benzene rings is 2. The number of hydrogen-bond donors (Lipinski definition) is 0. The third-order valence-electron chi connectivity index (χ3n) is 6.37. The smallest absolute Gasteiger partial charge is 0.243 e. The molecule has 0 spiro atoms. The van der Waals surface area contributed by atoms with Gasteiger partial charge in [0.25, 0.3) is 0 Å². The van der Waals surface area contributed by atoms with Crippen LogP contribution in [0.4, 0.5) is 10.2 Å². The van der Waals surface area contributed by atoms with E-state index in [-0.39, 0.29) is 5.82 Å². The monoisotopic (exact) mass is 482 g/mol. The third-order valence-corrected chi connectivity index (χ3v) is 8.57. The van der Waals surface area contributed by atoms with Crippen molar-refractivity contribution in [2.24, 2.45) is 0 Å². The van der Waals surface area contributed by atoms with Crippen molar-refractivity contribution in [3.63, 3.8) is 0 Å². The van der Waals surface area contributed by atoms with Gasteiger partial charge in [-0.1, -0.05) is 35.9 Å². The van der Waals surface area contributed by atoms with Gasteiger partial charge >= 0.3 is 0 Å². The minimum atomic E-state index is -3.60. The van der Waals surface area contributed by atoms with Crippen molar-refractivity contribution >= 4 is 15.8 Å². The molecule has 2 heterocycles. The quantitative estimate of drug-likeness (QED) is 0.544. The zero-order valence-corrected chi connectivity index (χ0v) is 21.2. The largest absolute Gasteiger partial charge is 0.354 e. The Bertz CT molecular complexity index is 1310. The molecule has 3 aromatic rings. The molecule has 1 fully saturated rings. The molecular formula is C26H31FN4O2S. The van der Waals surface area contributed by atoms with Crippen molar-refractivity contribution in [1.82, 2.24) is 14.3 Å². The molecule has 4 rings (SSSR count). The van der Waals surface area contributed by atoms with Gasteiger partial charge in [-0.15, -0.1) is 0 Å². The second kappa shape index (κ2) is 9.43. The first-order valence-corrected chi connectivity index (χ1v) is 12.9. The number of anilines is 1. The predicted octanol–water partition coefficient (Wildman–Crippen LogP) is 4.26. The lowest BCUT2D eigenvalue weighted by molar-refractivity contribution is 0.383. The molecule has 34 heavy (non-hydrogen) atoms. The molecule has 6 nitrogen and oxygen atoms in total. The molecule has 1 saturated heterocycles. The Kier molecular flexibility index (Phi) is 6.73. The van der Waals surface area contributed by atoms with E-state index in [0.717, 1.165) is 33.8 Å². The van der Waals surface area contributed by atoms with Crippen LogP contribution >= 0.6 is 0 Å². The van der Waals surface area contributed by atoms with Crippen LogP contribution in [0.5, 0.6) is 0 Å². The van der Waals surface area contributed by atoms with Crippen molar-refractivity contribution in [3.8, 4) is 0 Å². The van der Waals surface area contributed by atoms with Crippen molar-refractivity contribution in [2.75, 3.05) is 31.1 Å². The van der Waals surface area contributed by atoms with E-state index in [1.165, 1.54) is 6.07 Å². The summed E-state index contributed by atoms with van der Waals surface area (Å²) in [5, 5.41) is 0. The molecule has 0 amide bonds. The van der Waals surface area contributed by atoms with Gasteiger partial charge in [-0.3, -0.25) is 0 Å². The zero-order chi connectivity index (χ0) is 24.6. The lowest BCUT2D eigenvalue weighted by Crippen LogP contribution is -2.49. The maximum Gasteiger partial charge on any atom is 0.243 e. The van der Waals surface area contributed by atoms with E-state index in [4.69, 9.17) is 4.98 Å². The van der Waals surface area contributed by atoms with Crippen molar-refractivity contribution < 1.29 is 12.8 Å². The number of nitrogens with zero attached hydrogens (tertiary/aromatic N) is 4. The van der Waals surface area contributed by atoms with Gasteiger partial charge in [0, 0.05) is 43.9 Å². The topological polar surface area (TPSA) is 66.4 Å². The average Bonchev–Trinajstić information content (AvgIpc) is 2.76. The fourth-order valence-corrected chi connectivity index (χ4v) is 6.70. The highest BCUT2D eigenvalue weighted by atomic mass is 32.2. The summed E-state index contributed by atoms with van der Waals surface area (Å²) in [7, 11) is -3.60. The van der Waals surface area contributed by atoms with Gasteiger partial charge in [-0.2, -0.15) is 4.31 Å². The minimum absolute atomic E-state index is 0.256. The summed E-state index contributed by atoms with van der Waals surface area (Å²) in [5.74, 6) is 1.15. The van der Waals surface area contributed by atoms with Gasteiger partial charge in [0.05, 0.1) is 4.90 Å². The minimum Gasteiger partial charge on any atom is -0.354 e. The molecule has 0 N–H and O–H groups in total.